The fourth-order valence-electron chi connectivity index (χ4n) is 3.33. The molecule has 4 rings (SSSR count). The molecule has 0 radical (unpaired) electrons. The smallest absolute Gasteiger partial charge is 0.352 e. The van der Waals surface area contributed by atoms with Gasteiger partial charge in [-0.1, -0.05) is 30.3 Å². The molecule has 2 saturated heterocycles. The standard InChI is InChI=1S/C16H15N3O4S/c20-13-11(9-4-2-1-3-5-9)17-8-18(13)12-14(21)19-10(16(22)23)6-7-24-15(12)19/h1-6,11-12,15,17H,7-8H2,(H,22,23)/t11?,12-,15+/m1/s1. The van der Waals surface area contributed by atoms with Crippen LogP contribution in [0.4, 0.5) is 0 Å². The Labute approximate surface area is 142 Å². The first-order valence-corrected chi connectivity index (χ1v) is 8.61. The van der Waals surface area contributed by atoms with Gasteiger partial charge in [0.05, 0.1) is 6.67 Å². The first kappa shape index (κ1) is 15.2. The summed E-state index contributed by atoms with van der Waals surface area (Å²) < 4.78 is 0. The SMILES string of the molecule is O=C(O)C1=CCS[C@H]2[C@H](N3CNC(c4ccccc4)C3=O)C(=O)N12. The summed E-state index contributed by atoms with van der Waals surface area (Å²) in [6, 6.07) is 8.28. The topological polar surface area (TPSA) is 90.0 Å². The van der Waals surface area contributed by atoms with Crippen molar-refractivity contribution >= 4 is 29.5 Å². The largest absolute Gasteiger partial charge is 0.477 e. The number of aliphatic carboxylic acids is 1. The molecule has 3 aliphatic rings. The minimum Gasteiger partial charge on any atom is -0.477 e. The number of hydrogen-bond donors (Lipinski definition) is 2. The maximum absolute atomic E-state index is 12.7. The lowest BCUT2D eigenvalue weighted by molar-refractivity contribution is -0.158. The van der Waals surface area contributed by atoms with E-state index in [1.54, 1.807) is 0 Å². The monoisotopic (exact) mass is 345 g/mol. The van der Waals surface area contributed by atoms with Gasteiger partial charge in [-0.3, -0.25) is 19.8 Å². The van der Waals surface area contributed by atoms with Crippen LogP contribution in [0.15, 0.2) is 42.1 Å². The summed E-state index contributed by atoms with van der Waals surface area (Å²) in [5.74, 6) is -1.07. The Morgan fingerprint density at radius 2 is 1.96 bits per heavy atom. The van der Waals surface area contributed by atoms with Crippen LogP contribution in [0, 0.1) is 0 Å². The van der Waals surface area contributed by atoms with Crippen LogP contribution in [0.5, 0.6) is 0 Å². The molecule has 2 amide bonds. The van der Waals surface area contributed by atoms with E-state index in [0.29, 0.717) is 5.75 Å². The van der Waals surface area contributed by atoms with Crippen molar-refractivity contribution in [3.8, 4) is 0 Å². The highest BCUT2D eigenvalue weighted by atomic mass is 32.2. The summed E-state index contributed by atoms with van der Waals surface area (Å²) in [7, 11) is 0. The molecule has 1 aromatic rings. The van der Waals surface area contributed by atoms with Crippen molar-refractivity contribution < 1.29 is 19.5 Å². The van der Waals surface area contributed by atoms with E-state index < -0.39 is 18.1 Å². The summed E-state index contributed by atoms with van der Waals surface area (Å²) >= 11 is 1.48. The molecule has 0 aliphatic carbocycles. The third-order valence-corrected chi connectivity index (χ3v) is 5.67. The van der Waals surface area contributed by atoms with Gasteiger partial charge in [-0.05, 0) is 11.6 Å². The van der Waals surface area contributed by atoms with Gasteiger partial charge in [-0.2, -0.15) is 0 Å². The molecular formula is C16H15N3O4S. The summed E-state index contributed by atoms with van der Waals surface area (Å²) in [5, 5.41) is 12.0. The molecule has 2 fully saturated rings. The number of nitrogens with one attached hydrogen (secondary N) is 1. The van der Waals surface area contributed by atoms with E-state index in [-0.39, 0.29) is 29.6 Å². The van der Waals surface area contributed by atoms with Crippen LogP contribution < -0.4 is 5.32 Å². The summed E-state index contributed by atoms with van der Waals surface area (Å²) in [5.41, 5.74) is 0.871. The maximum Gasteiger partial charge on any atom is 0.352 e. The lowest BCUT2D eigenvalue weighted by atomic mass is 10.0. The zero-order chi connectivity index (χ0) is 16.8. The molecule has 3 aliphatic heterocycles. The number of carboxylic acid groups (broad SMARTS) is 1. The summed E-state index contributed by atoms with van der Waals surface area (Å²) in [6.45, 7) is 0.284. The van der Waals surface area contributed by atoms with Gasteiger partial charge in [0.25, 0.3) is 5.91 Å². The first-order valence-electron chi connectivity index (χ1n) is 7.56. The number of carbonyl (C=O) groups excluding carboxylic acids is 2. The number of carbonyl (C=O) groups is 3. The first-order chi connectivity index (χ1) is 11.6. The molecule has 124 valence electrons. The van der Waals surface area contributed by atoms with Crippen LogP contribution in [0.3, 0.4) is 0 Å². The third kappa shape index (κ3) is 2.14. The number of benzene rings is 1. The summed E-state index contributed by atoms with van der Waals surface area (Å²) in [4.78, 5) is 39.3. The highest BCUT2D eigenvalue weighted by Crippen LogP contribution is 2.41. The average Bonchev–Trinajstić information content (AvgIpc) is 2.96. The number of rotatable bonds is 3. The number of β-lactam (4-membered cyclic amide) rings is 1. The van der Waals surface area contributed by atoms with E-state index in [1.807, 2.05) is 30.3 Å². The summed E-state index contributed by atoms with van der Waals surface area (Å²) in [6.07, 6.45) is 1.54. The second-order valence-corrected chi connectivity index (χ2v) is 6.94. The zero-order valence-electron chi connectivity index (χ0n) is 12.6. The molecule has 3 atom stereocenters. The number of carboxylic acids is 1. The van der Waals surface area contributed by atoms with Crippen LogP contribution in [0.25, 0.3) is 0 Å². The van der Waals surface area contributed by atoms with Gasteiger partial charge >= 0.3 is 5.97 Å². The molecule has 0 bridgehead atoms. The second kappa shape index (κ2) is 5.64. The third-order valence-electron chi connectivity index (χ3n) is 4.50. The Morgan fingerprint density at radius 3 is 2.67 bits per heavy atom. The molecule has 24 heavy (non-hydrogen) atoms. The van der Waals surface area contributed by atoms with Crippen LogP contribution in [-0.4, -0.2) is 56.5 Å². The number of fused-ring (bicyclic) bond motifs is 1. The van der Waals surface area contributed by atoms with E-state index in [4.69, 9.17) is 0 Å². The van der Waals surface area contributed by atoms with Crippen LogP contribution in [0.2, 0.25) is 0 Å². The van der Waals surface area contributed by atoms with Gasteiger partial charge in [0.1, 0.15) is 23.2 Å². The van der Waals surface area contributed by atoms with Gasteiger partial charge in [-0.15, -0.1) is 11.8 Å². The van der Waals surface area contributed by atoms with Crippen molar-refractivity contribution in [2.24, 2.45) is 0 Å². The van der Waals surface area contributed by atoms with Crippen molar-refractivity contribution in [1.82, 2.24) is 15.1 Å². The Bertz CT molecular complexity index is 751. The van der Waals surface area contributed by atoms with Crippen molar-refractivity contribution in [2.75, 3.05) is 12.4 Å². The van der Waals surface area contributed by atoms with Gasteiger partial charge in [-0.25, -0.2) is 4.79 Å². The molecule has 0 saturated carbocycles. The minimum atomic E-state index is -1.11. The highest BCUT2D eigenvalue weighted by molar-refractivity contribution is 8.00. The lowest BCUT2D eigenvalue weighted by Gasteiger charge is -2.51. The molecule has 0 aromatic heterocycles. The Kier molecular flexibility index (Phi) is 3.58. The van der Waals surface area contributed by atoms with Crippen LogP contribution in [-0.2, 0) is 14.4 Å². The minimum absolute atomic E-state index is 0.0132. The average molecular weight is 345 g/mol. The van der Waals surface area contributed by atoms with E-state index in [1.165, 1.54) is 27.6 Å². The Morgan fingerprint density at radius 1 is 1.21 bits per heavy atom. The molecule has 0 spiro atoms. The second-order valence-electron chi connectivity index (χ2n) is 5.79. The normalized spacial score (nSPS) is 29.2. The van der Waals surface area contributed by atoms with Crippen molar-refractivity contribution in [1.29, 1.82) is 0 Å². The van der Waals surface area contributed by atoms with Crippen LogP contribution >= 0.6 is 11.8 Å². The van der Waals surface area contributed by atoms with Gasteiger partial charge < -0.3 is 10.0 Å². The highest BCUT2D eigenvalue weighted by Gasteiger charge is 2.57. The van der Waals surface area contributed by atoms with Crippen molar-refractivity contribution in [3.05, 3.63) is 47.7 Å². The number of nitrogens with zero attached hydrogens (tertiary/aromatic N) is 2. The quantitative estimate of drug-likeness (QED) is 0.770. The predicted octanol–water partition coefficient (Wildman–Crippen LogP) is 0.369. The van der Waals surface area contributed by atoms with E-state index in [0.717, 1.165) is 5.56 Å². The van der Waals surface area contributed by atoms with Crippen molar-refractivity contribution in [3.63, 3.8) is 0 Å². The number of amides is 2. The fraction of sp³-hybridized carbons (Fsp3) is 0.312. The Balaban J connectivity index is 1.54. The fourth-order valence-corrected chi connectivity index (χ4v) is 4.60. The van der Waals surface area contributed by atoms with Gasteiger partial charge in [0, 0.05) is 5.75 Å². The number of thioether (sulfide) groups is 1. The van der Waals surface area contributed by atoms with E-state index >= 15 is 0 Å². The predicted molar refractivity (Wildman–Crippen MR) is 86.6 cm³/mol. The van der Waals surface area contributed by atoms with E-state index in [2.05, 4.69) is 5.32 Å². The van der Waals surface area contributed by atoms with Gasteiger partial charge in [0.2, 0.25) is 5.91 Å². The zero-order valence-corrected chi connectivity index (χ0v) is 13.4. The molecule has 1 aromatic carbocycles. The van der Waals surface area contributed by atoms with E-state index in [9.17, 15) is 19.5 Å². The Hall–Kier alpha value is -2.32. The molecule has 8 heteroatoms. The molecule has 2 N–H and O–H groups in total. The molecule has 1 unspecified atom stereocenters. The number of hydrogen-bond acceptors (Lipinski definition) is 5. The molecule has 7 nitrogen and oxygen atoms in total. The van der Waals surface area contributed by atoms with Crippen molar-refractivity contribution in [2.45, 2.75) is 17.5 Å². The molecule has 3 heterocycles. The van der Waals surface area contributed by atoms with Gasteiger partial charge in [0.15, 0.2) is 0 Å². The molecular weight excluding hydrogens is 330 g/mol. The van der Waals surface area contributed by atoms with Crippen LogP contribution in [0.1, 0.15) is 11.6 Å². The lowest BCUT2D eigenvalue weighted by Crippen LogP contribution is -2.70. The maximum atomic E-state index is 12.7.